The Morgan fingerprint density at radius 1 is 1.33 bits per heavy atom. The van der Waals surface area contributed by atoms with Crippen LogP contribution in [0.4, 0.5) is 5.69 Å². The topological polar surface area (TPSA) is 76.4 Å². The Morgan fingerprint density at radius 2 is 1.96 bits per heavy atom. The molecule has 0 saturated heterocycles. The van der Waals surface area contributed by atoms with Crippen LogP contribution in [0.15, 0.2) is 18.2 Å². The van der Waals surface area contributed by atoms with Gasteiger partial charge in [-0.15, -0.1) is 0 Å². The summed E-state index contributed by atoms with van der Waals surface area (Å²) in [5, 5.41) is 11.9. The Bertz CT molecular complexity index is 638. The molecular weight excluding hydrogens is 328 g/mol. The second kappa shape index (κ2) is 9.26. The van der Waals surface area contributed by atoms with Gasteiger partial charge in [0.2, 0.25) is 11.8 Å². The predicted molar refractivity (Wildman–Crippen MR) is 94.8 cm³/mol. The molecule has 0 aromatic heterocycles. The van der Waals surface area contributed by atoms with Gasteiger partial charge in [-0.1, -0.05) is 11.6 Å². The summed E-state index contributed by atoms with van der Waals surface area (Å²) in [5.41, 5.74) is 0.865. The van der Waals surface area contributed by atoms with Gasteiger partial charge >= 0.3 is 0 Å². The zero-order valence-corrected chi connectivity index (χ0v) is 15.2. The van der Waals surface area contributed by atoms with Crippen molar-refractivity contribution < 1.29 is 9.59 Å². The largest absolute Gasteiger partial charge is 0.342 e. The van der Waals surface area contributed by atoms with Crippen molar-refractivity contribution >= 4 is 29.1 Å². The molecule has 0 spiro atoms. The molecule has 0 fully saturated rings. The molecule has 1 N–H and O–H groups in total. The number of amides is 2. The molecule has 0 aliphatic heterocycles. The van der Waals surface area contributed by atoms with Crippen molar-refractivity contribution in [3.63, 3.8) is 0 Å². The number of hydrogen-bond donors (Lipinski definition) is 1. The van der Waals surface area contributed by atoms with E-state index < -0.39 is 6.04 Å². The minimum atomic E-state index is -0.487. The number of carbonyl (C=O) groups is 2. The summed E-state index contributed by atoms with van der Waals surface area (Å²) in [5.74, 6) is -0.255. The third-order valence-electron chi connectivity index (χ3n) is 3.90. The van der Waals surface area contributed by atoms with Gasteiger partial charge in [0.05, 0.1) is 23.2 Å². The Labute approximate surface area is 148 Å². The molecule has 24 heavy (non-hydrogen) atoms. The van der Waals surface area contributed by atoms with Crippen LogP contribution in [0.1, 0.15) is 26.3 Å². The maximum atomic E-state index is 12.3. The standard InChI is InChI=1S/C17H23ClN4O2/c1-5-22(6-2)16(23)11-21(4)12(3)17(24)20-14-8-7-13(10-19)15(18)9-14/h7-9,12H,5-6,11H2,1-4H3,(H,20,24). The minimum absolute atomic E-state index is 0.0106. The fourth-order valence-corrected chi connectivity index (χ4v) is 2.38. The number of benzene rings is 1. The van der Waals surface area contributed by atoms with Crippen molar-refractivity contribution in [1.29, 1.82) is 5.26 Å². The molecule has 2 amide bonds. The van der Waals surface area contributed by atoms with E-state index in [1.807, 2.05) is 19.9 Å². The van der Waals surface area contributed by atoms with Gasteiger partial charge in [0.15, 0.2) is 0 Å². The van der Waals surface area contributed by atoms with Crippen LogP contribution in [0.5, 0.6) is 0 Å². The number of carbonyl (C=O) groups excluding carboxylic acids is 2. The minimum Gasteiger partial charge on any atom is -0.342 e. The van der Waals surface area contributed by atoms with E-state index >= 15 is 0 Å². The fourth-order valence-electron chi connectivity index (χ4n) is 2.16. The van der Waals surface area contributed by atoms with E-state index in [9.17, 15) is 9.59 Å². The zero-order chi connectivity index (χ0) is 18.3. The number of hydrogen-bond acceptors (Lipinski definition) is 4. The number of nitriles is 1. The van der Waals surface area contributed by atoms with Crippen molar-refractivity contribution in [1.82, 2.24) is 9.80 Å². The van der Waals surface area contributed by atoms with Gasteiger partial charge in [-0.3, -0.25) is 14.5 Å². The summed E-state index contributed by atoms with van der Waals surface area (Å²) in [7, 11) is 1.73. The average molecular weight is 351 g/mol. The van der Waals surface area contributed by atoms with Crippen molar-refractivity contribution in [2.45, 2.75) is 26.8 Å². The predicted octanol–water partition coefficient (Wildman–Crippen LogP) is 2.34. The molecule has 0 radical (unpaired) electrons. The molecule has 1 aromatic rings. The number of likely N-dealkylation sites (N-methyl/N-ethyl adjacent to an activating group) is 2. The van der Waals surface area contributed by atoms with Crippen molar-refractivity contribution in [2.24, 2.45) is 0 Å². The van der Waals surface area contributed by atoms with E-state index in [4.69, 9.17) is 16.9 Å². The lowest BCUT2D eigenvalue weighted by atomic mass is 10.2. The molecule has 0 heterocycles. The third kappa shape index (κ3) is 5.22. The summed E-state index contributed by atoms with van der Waals surface area (Å²) in [6.07, 6.45) is 0. The maximum Gasteiger partial charge on any atom is 0.241 e. The van der Waals surface area contributed by atoms with Gasteiger partial charge in [0.1, 0.15) is 6.07 Å². The summed E-state index contributed by atoms with van der Waals surface area (Å²) in [4.78, 5) is 27.9. The summed E-state index contributed by atoms with van der Waals surface area (Å²) < 4.78 is 0. The molecule has 6 nitrogen and oxygen atoms in total. The van der Waals surface area contributed by atoms with Crippen LogP contribution < -0.4 is 5.32 Å². The van der Waals surface area contributed by atoms with E-state index in [1.54, 1.807) is 35.9 Å². The van der Waals surface area contributed by atoms with E-state index in [2.05, 4.69) is 5.32 Å². The van der Waals surface area contributed by atoms with Gasteiger partial charge in [-0.2, -0.15) is 5.26 Å². The van der Waals surface area contributed by atoms with Crippen molar-refractivity contribution in [2.75, 3.05) is 32.0 Å². The highest BCUT2D eigenvalue weighted by Crippen LogP contribution is 2.20. The first kappa shape index (κ1) is 19.9. The Balaban J connectivity index is 2.68. The van der Waals surface area contributed by atoms with E-state index in [1.165, 1.54) is 6.07 Å². The second-order valence-corrected chi connectivity index (χ2v) is 5.86. The molecule has 0 saturated carbocycles. The van der Waals surface area contributed by atoms with Crippen LogP contribution in [-0.2, 0) is 9.59 Å². The van der Waals surface area contributed by atoms with Crippen molar-refractivity contribution in [3.8, 4) is 6.07 Å². The number of nitrogens with one attached hydrogen (secondary N) is 1. The second-order valence-electron chi connectivity index (χ2n) is 5.45. The van der Waals surface area contributed by atoms with Crippen LogP contribution in [-0.4, -0.2) is 54.3 Å². The van der Waals surface area contributed by atoms with Gasteiger partial charge in [0, 0.05) is 18.8 Å². The SMILES string of the molecule is CCN(CC)C(=O)CN(C)C(C)C(=O)Nc1ccc(C#N)c(Cl)c1. The first-order valence-corrected chi connectivity index (χ1v) is 8.20. The highest BCUT2D eigenvalue weighted by molar-refractivity contribution is 6.32. The highest BCUT2D eigenvalue weighted by atomic mass is 35.5. The summed E-state index contributed by atoms with van der Waals surface area (Å²) in [6, 6.07) is 6.18. The highest BCUT2D eigenvalue weighted by Gasteiger charge is 2.22. The first-order chi connectivity index (χ1) is 11.3. The summed E-state index contributed by atoms with van der Waals surface area (Å²) >= 11 is 5.96. The number of nitrogens with zero attached hydrogens (tertiary/aromatic N) is 3. The number of halogens is 1. The molecule has 1 unspecified atom stereocenters. The Kier molecular flexibility index (Phi) is 7.69. The van der Waals surface area contributed by atoms with Crippen LogP contribution in [0, 0.1) is 11.3 Å². The fraction of sp³-hybridized carbons (Fsp3) is 0.471. The van der Waals surface area contributed by atoms with E-state index in [-0.39, 0.29) is 23.4 Å². The molecule has 1 atom stereocenters. The molecule has 130 valence electrons. The zero-order valence-electron chi connectivity index (χ0n) is 14.5. The van der Waals surface area contributed by atoms with E-state index in [0.29, 0.717) is 24.3 Å². The van der Waals surface area contributed by atoms with E-state index in [0.717, 1.165) is 0 Å². The van der Waals surface area contributed by atoms with Gasteiger partial charge in [-0.05, 0) is 46.0 Å². The number of anilines is 1. The molecule has 1 aromatic carbocycles. The lowest BCUT2D eigenvalue weighted by molar-refractivity contribution is -0.133. The van der Waals surface area contributed by atoms with Gasteiger partial charge < -0.3 is 10.2 Å². The summed E-state index contributed by atoms with van der Waals surface area (Å²) in [6.45, 7) is 7.04. The molecule has 0 aliphatic rings. The molecule has 1 rings (SSSR count). The Morgan fingerprint density at radius 3 is 2.46 bits per heavy atom. The average Bonchev–Trinajstić information content (AvgIpc) is 2.55. The molecular formula is C17H23ClN4O2. The van der Waals surface area contributed by atoms with Crippen molar-refractivity contribution in [3.05, 3.63) is 28.8 Å². The van der Waals surface area contributed by atoms with Crippen LogP contribution in [0.25, 0.3) is 0 Å². The first-order valence-electron chi connectivity index (χ1n) is 7.82. The molecule has 7 heteroatoms. The smallest absolute Gasteiger partial charge is 0.241 e. The van der Waals surface area contributed by atoms with Gasteiger partial charge in [0.25, 0.3) is 0 Å². The van der Waals surface area contributed by atoms with Crippen LogP contribution in [0.3, 0.4) is 0 Å². The monoisotopic (exact) mass is 350 g/mol. The lowest BCUT2D eigenvalue weighted by Gasteiger charge is -2.26. The third-order valence-corrected chi connectivity index (χ3v) is 4.21. The maximum absolute atomic E-state index is 12.3. The quantitative estimate of drug-likeness (QED) is 0.818. The van der Waals surface area contributed by atoms with Crippen LogP contribution in [0.2, 0.25) is 5.02 Å². The van der Waals surface area contributed by atoms with Gasteiger partial charge in [-0.25, -0.2) is 0 Å². The van der Waals surface area contributed by atoms with Crippen LogP contribution >= 0.6 is 11.6 Å². The normalized spacial score (nSPS) is 11.7. The Hall–Kier alpha value is -2.10. The lowest BCUT2D eigenvalue weighted by Crippen LogP contribution is -2.46. The number of rotatable bonds is 7. The molecule has 0 bridgehead atoms. The molecule has 0 aliphatic carbocycles.